The Labute approximate surface area is 258 Å². The van der Waals surface area contributed by atoms with Crippen molar-refractivity contribution in [3.63, 3.8) is 0 Å². The first-order chi connectivity index (χ1) is 21.6. The molecule has 2 heterocycles. The minimum absolute atomic E-state index is 0.376. The van der Waals surface area contributed by atoms with E-state index in [9.17, 15) is 4.79 Å². The van der Waals surface area contributed by atoms with Crippen molar-refractivity contribution in [3.8, 4) is 32.8 Å². The van der Waals surface area contributed by atoms with Gasteiger partial charge in [0.05, 0.1) is 15.8 Å². The number of aromatic nitrogens is 1. The molecule has 5 heteroatoms. The van der Waals surface area contributed by atoms with Crippen molar-refractivity contribution in [2.75, 3.05) is 18.5 Å². The molecule has 0 atom stereocenters. The van der Waals surface area contributed by atoms with E-state index in [1.54, 1.807) is 0 Å². The van der Waals surface area contributed by atoms with Gasteiger partial charge >= 0.3 is 5.63 Å². The molecule has 0 bridgehead atoms. The molecule has 6 aromatic carbocycles. The third-order valence-corrected chi connectivity index (χ3v) is 9.62. The summed E-state index contributed by atoms with van der Waals surface area (Å²) in [5, 5.41) is 6.37. The van der Waals surface area contributed by atoms with Gasteiger partial charge in [-0.1, -0.05) is 91.0 Å². The first kappa shape index (κ1) is 26.4. The van der Waals surface area contributed by atoms with Gasteiger partial charge in [0.15, 0.2) is 0 Å². The van der Waals surface area contributed by atoms with E-state index >= 15 is 0 Å². The fourth-order valence-corrected chi connectivity index (χ4v) is 7.19. The van der Waals surface area contributed by atoms with Crippen LogP contribution in [0.1, 0.15) is 6.92 Å². The largest absolute Gasteiger partial charge is 0.422 e. The summed E-state index contributed by atoms with van der Waals surface area (Å²) in [5.74, 6) is 0. The van der Waals surface area contributed by atoms with E-state index in [0.717, 1.165) is 39.0 Å². The third-order valence-electron chi connectivity index (χ3n) is 8.55. The van der Waals surface area contributed by atoms with Gasteiger partial charge < -0.3 is 9.32 Å². The van der Waals surface area contributed by atoms with E-state index in [1.807, 2.05) is 36.4 Å². The highest BCUT2D eigenvalue weighted by atomic mass is 32.1. The highest BCUT2D eigenvalue weighted by Gasteiger charge is 2.19. The molecule has 44 heavy (non-hydrogen) atoms. The molecule has 0 unspecified atom stereocenters. The van der Waals surface area contributed by atoms with E-state index in [-0.39, 0.29) is 5.63 Å². The molecule has 4 nitrogen and oxygen atoms in total. The number of benzene rings is 6. The molecule has 0 saturated heterocycles. The predicted molar refractivity (Wildman–Crippen MR) is 186 cm³/mol. The normalized spacial score (nSPS) is 11.6. The Morgan fingerprint density at radius 3 is 2.07 bits per heavy atom. The van der Waals surface area contributed by atoms with E-state index < -0.39 is 0 Å². The average molecular weight is 589 g/mol. The Kier molecular flexibility index (Phi) is 6.28. The highest BCUT2D eigenvalue weighted by molar-refractivity contribution is 7.21. The van der Waals surface area contributed by atoms with Gasteiger partial charge in [0.2, 0.25) is 0 Å². The molecular weight excluding hydrogens is 561 g/mol. The van der Waals surface area contributed by atoms with Gasteiger partial charge in [-0.05, 0) is 69.4 Å². The van der Waals surface area contributed by atoms with Gasteiger partial charge in [-0.25, -0.2) is 9.78 Å². The Balaban J connectivity index is 1.36. The minimum atomic E-state index is -0.376. The molecule has 8 aromatic rings. The molecule has 0 spiro atoms. The number of hydrogen-bond donors (Lipinski definition) is 0. The molecule has 0 amide bonds. The number of thiazole rings is 1. The fraction of sp³-hybridized carbons (Fsp3) is 0.0769. The lowest BCUT2D eigenvalue weighted by molar-refractivity contribution is 0.563. The van der Waals surface area contributed by atoms with Gasteiger partial charge in [0.1, 0.15) is 10.6 Å². The quantitative estimate of drug-likeness (QED) is 0.188. The molecule has 0 saturated carbocycles. The summed E-state index contributed by atoms with van der Waals surface area (Å²) in [6.07, 6.45) is 0. The zero-order valence-corrected chi connectivity index (χ0v) is 25.2. The molecule has 0 N–H and O–H groups in total. The van der Waals surface area contributed by atoms with E-state index in [2.05, 4.69) is 104 Å². The first-order valence-electron chi connectivity index (χ1n) is 14.8. The number of para-hydroxylation sites is 1. The SMILES string of the molecule is CCN(C)c1cc2oc(=O)c(-c3nc4ccccc4s3)cc2cc1-c1ccc(-c2cccc3ccccc23)c2ccccc12. The summed E-state index contributed by atoms with van der Waals surface area (Å²) in [5.41, 5.74) is 7.21. The number of nitrogens with zero attached hydrogens (tertiary/aromatic N) is 2. The van der Waals surface area contributed by atoms with Crippen LogP contribution in [0.2, 0.25) is 0 Å². The van der Waals surface area contributed by atoms with Crippen molar-refractivity contribution in [2.24, 2.45) is 0 Å². The Hall–Kier alpha value is -5.26. The lowest BCUT2D eigenvalue weighted by Crippen LogP contribution is -2.17. The second-order valence-corrected chi connectivity index (χ2v) is 12.1. The second-order valence-electron chi connectivity index (χ2n) is 11.1. The van der Waals surface area contributed by atoms with Crippen LogP contribution in [-0.2, 0) is 0 Å². The van der Waals surface area contributed by atoms with Crippen LogP contribution in [0.15, 0.2) is 131 Å². The van der Waals surface area contributed by atoms with E-state index in [1.165, 1.54) is 44.0 Å². The number of rotatable bonds is 5. The standard InChI is InChI=1S/C39H28N2O2S/c1-3-41(2)35-23-36-25(22-33(39(42)43-36)38-40-34-17-8-9-18-37(34)44-38)21-32(35)31-20-19-30(28-14-6-7-15-29(28)31)27-16-10-12-24-11-4-5-13-26(24)27/h4-23H,3H2,1-2H3. The molecule has 0 fully saturated rings. The van der Waals surface area contributed by atoms with Gasteiger partial charge in [-0.2, -0.15) is 0 Å². The second kappa shape index (κ2) is 10.5. The molecular formula is C39H28N2O2S. The maximum absolute atomic E-state index is 13.2. The molecule has 8 rings (SSSR count). The summed E-state index contributed by atoms with van der Waals surface area (Å²) in [6.45, 7) is 2.93. The minimum Gasteiger partial charge on any atom is -0.422 e. The molecule has 0 radical (unpaired) electrons. The molecule has 2 aromatic heterocycles. The smallest absolute Gasteiger partial charge is 0.346 e. The number of fused-ring (bicyclic) bond motifs is 4. The summed E-state index contributed by atoms with van der Waals surface area (Å²) in [6, 6.07) is 42.2. The maximum Gasteiger partial charge on any atom is 0.346 e. The molecule has 212 valence electrons. The molecule has 0 aliphatic heterocycles. The third kappa shape index (κ3) is 4.28. The Bertz CT molecular complexity index is 2400. The summed E-state index contributed by atoms with van der Waals surface area (Å²) in [7, 11) is 2.07. The summed E-state index contributed by atoms with van der Waals surface area (Å²) in [4.78, 5) is 20.2. The van der Waals surface area contributed by atoms with Gasteiger partial charge in [-0.15, -0.1) is 11.3 Å². The average Bonchev–Trinajstić information content (AvgIpc) is 3.50. The lowest BCUT2D eigenvalue weighted by Gasteiger charge is -2.23. The van der Waals surface area contributed by atoms with Gasteiger partial charge in [-0.3, -0.25) is 0 Å². The van der Waals surface area contributed by atoms with Crippen LogP contribution in [0.4, 0.5) is 5.69 Å². The van der Waals surface area contributed by atoms with Crippen LogP contribution < -0.4 is 10.5 Å². The van der Waals surface area contributed by atoms with Crippen LogP contribution in [0, 0.1) is 0 Å². The van der Waals surface area contributed by atoms with Crippen molar-refractivity contribution in [1.29, 1.82) is 0 Å². The fourth-order valence-electron chi connectivity index (χ4n) is 6.22. The zero-order valence-electron chi connectivity index (χ0n) is 24.4. The van der Waals surface area contributed by atoms with Crippen LogP contribution in [0.3, 0.4) is 0 Å². The van der Waals surface area contributed by atoms with Crippen LogP contribution in [0.5, 0.6) is 0 Å². The molecule has 0 aliphatic carbocycles. The number of anilines is 1. The summed E-state index contributed by atoms with van der Waals surface area (Å²) >= 11 is 1.51. The van der Waals surface area contributed by atoms with E-state index in [0.29, 0.717) is 16.2 Å². The van der Waals surface area contributed by atoms with Gasteiger partial charge in [0.25, 0.3) is 0 Å². The predicted octanol–water partition coefficient (Wildman–Crippen LogP) is 10.2. The Morgan fingerprint density at radius 1 is 0.659 bits per heavy atom. The van der Waals surface area contributed by atoms with Crippen molar-refractivity contribution in [2.45, 2.75) is 6.92 Å². The van der Waals surface area contributed by atoms with Crippen molar-refractivity contribution >= 4 is 59.8 Å². The summed E-state index contributed by atoms with van der Waals surface area (Å²) < 4.78 is 7.00. The first-order valence-corrected chi connectivity index (χ1v) is 15.6. The van der Waals surface area contributed by atoms with Crippen LogP contribution >= 0.6 is 11.3 Å². The van der Waals surface area contributed by atoms with Crippen molar-refractivity contribution < 1.29 is 4.42 Å². The van der Waals surface area contributed by atoms with Crippen molar-refractivity contribution in [1.82, 2.24) is 4.98 Å². The topological polar surface area (TPSA) is 46.3 Å². The lowest BCUT2D eigenvalue weighted by atomic mass is 9.89. The zero-order chi connectivity index (χ0) is 29.8. The van der Waals surface area contributed by atoms with Gasteiger partial charge in [0, 0.05) is 36.3 Å². The van der Waals surface area contributed by atoms with Crippen LogP contribution in [0.25, 0.3) is 75.6 Å². The van der Waals surface area contributed by atoms with Crippen molar-refractivity contribution in [3.05, 3.63) is 132 Å². The Morgan fingerprint density at radius 2 is 1.30 bits per heavy atom. The molecule has 0 aliphatic rings. The highest BCUT2D eigenvalue weighted by Crippen LogP contribution is 2.42. The number of hydrogen-bond acceptors (Lipinski definition) is 5. The van der Waals surface area contributed by atoms with E-state index in [4.69, 9.17) is 9.40 Å². The monoisotopic (exact) mass is 588 g/mol. The van der Waals surface area contributed by atoms with Crippen LogP contribution in [-0.4, -0.2) is 18.6 Å². The maximum atomic E-state index is 13.2.